The van der Waals surface area contributed by atoms with Gasteiger partial charge in [0.15, 0.2) is 0 Å². The van der Waals surface area contributed by atoms with E-state index in [1.165, 1.54) is 0 Å². The predicted octanol–water partition coefficient (Wildman–Crippen LogP) is 0.772. The highest BCUT2D eigenvalue weighted by molar-refractivity contribution is 5.76. The molecule has 2 heterocycles. The van der Waals surface area contributed by atoms with Crippen molar-refractivity contribution in [3.63, 3.8) is 0 Å². The molecule has 2 N–H and O–H groups in total. The van der Waals surface area contributed by atoms with E-state index in [9.17, 15) is 4.79 Å². The van der Waals surface area contributed by atoms with Crippen LogP contribution < -0.4 is 5.73 Å². The maximum absolute atomic E-state index is 11.7. The van der Waals surface area contributed by atoms with Crippen molar-refractivity contribution in [3.05, 3.63) is 24.2 Å². The maximum Gasteiger partial charge on any atom is 0.223 e. The van der Waals surface area contributed by atoms with Crippen molar-refractivity contribution in [3.8, 4) is 0 Å². The van der Waals surface area contributed by atoms with Gasteiger partial charge in [0, 0.05) is 32.0 Å². The Kier molecular flexibility index (Phi) is 3.06. The average molecular weight is 208 g/mol. The van der Waals surface area contributed by atoms with E-state index in [1.54, 1.807) is 6.26 Å². The number of hydrogen-bond acceptors (Lipinski definition) is 3. The van der Waals surface area contributed by atoms with Crippen molar-refractivity contribution in [2.24, 2.45) is 5.73 Å². The summed E-state index contributed by atoms with van der Waals surface area (Å²) in [5.41, 5.74) is 5.74. The van der Waals surface area contributed by atoms with Crippen LogP contribution in [0.1, 0.15) is 18.6 Å². The number of likely N-dealkylation sites (tertiary alicyclic amines) is 1. The number of carbonyl (C=O) groups is 1. The Morgan fingerprint density at radius 1 is 1.67 bits per heavy atom. The van der Waals surface area contributed by atoms with E-state index >= 15 is 0 Å². The van der Waals surface area contributed by atoms with Crippen molar-refractivity contribution >= 4 is 5.91 Å². The Labute approximate surface area is 89.0 Å². The summed E-state index contributed by atoms with van der Waals surface area (Å²) < 4.78 is 5.17. The molecule has 1 amide bonds. The summed E-state index contributed by atoms with van der Waals surface area (Å²) >= 11 is 0. The van der Waals surface area contributed by atoms with Gasteiger partial charge in [-0.2, -0.15) is 0 Å². The molecule has 1 aliphatic heterocycles. The second-order valence-electron chi connectivity index (χ2n) is 3.97. The molecule has 0 unspecified atom stereocenters. The number of amides is 1. The van der Waals surface area contributed by atoms with Gasteiger partial charge in [0.25, 0.3) is 0 Å². The molecule has 1 aliphatic rings. The number of nitrogens with zero attached hydrogens (tertiary/aromatic N) is 1. The number of furan rings is 1. The van der Waals surface area contributed by atoms with Crippen LogP contribution in [0.3, 0.4) is 0 Å². The van der Waals surface area contributed by atoms with Gasteiger partial charge in [-0.15, -0.1) is 0 Å². The Morgan fingerprint density at radius 3 is 3.13 bits per heavy atom. The van der Waals surface area contributed by atoms with Crippen molar-refractivity contribution in [2.75, 3.05) is 13.1 Å². The average Bonchev–Trinajstić information content (AvgIpc) is 2.84. The molecule has 1 atom stereocenters. The van der Waals surface area contributed by atoms with Gasteiger partial charge in [0.1, 0.15) is 5.76 Å². The highest BCUT2D eigenvalue weighted by atomic mass is 16.3. The van der Waals surface area contributed by atoms with Gasteiger partial charge in [-0.1, -0.05) is 0 Å². The van der Waals surface area contributed by atoms with Crippen molar-refractivity contribution in [1.82, 2.24) is 4.90 Å². The quantitative estimate of drug-likeness (QED) is 0.798. The predicted molar refractivity (Wildman–Crippen MR) is 56.2 cm³/mol. The number of nitrogens with two attached hydrogens (primary N) is 1. The van der Waals surface area contributed by atoms with Crippen LogP contribution in [0.25, 0.3) is 0 Å². The fraction of sp³-hybridized carbons (Fsp3) is 0.545. The van der Waals surface area contributed by atoms with Crippen molar-refractivity contribution < 1.29 is 9.21 Å². The molecule has 0 saturated carbocycles. The summed E-state index contributed by atoms with van der Waals surface area (Å²) in [6.07, 6.45) is 3.75. The van der Waals surface area contributed by atoms with Gasteiger partial charge < -0.3 is 15.1 Å². The van der Waals surface area contributed by atoms with Crippen LogP contribution in [0.2, 0.25) is 0 Å². The summed E-state index contributed by atoms with van der Waals surface area (Å²) in [7, 11) is 0. The van der Waals surface area contributed by atoms with Crippen molar-refractivity contribution in [1.29, 1.82) is 0 Å². The summed E-state index contributed by atoms with van der Waals surface area (Å²) in [6.45, 7) is 1.51. The minimum atomic E-state index is 0.164. The number of hydrogen-bond donors (Lipinski definition) is 1. The van der Waals surface area contributed by atoms with Crippen LogP contribution in [0.5, 0.6) is 0 Å². The van der Waals surface area contributed by atoms with E-state index in [-0.39, 0.29) is 11.9 Å². The summed E-state index contributed by atoms with van der Waals surface area (Å²) in [4.78, 5) is 13.6. The first-order valence-corrected chi connectivity index (χ1v) is 5.31. The second-order valence-corrected chi connectivity index (χ2v) is 3.97. The highest BCUT2D eigenvalue weighted by Crippen LogP contribution is 2.11. The smallest absolute Gasteiger partial charge is 0.223 e. The largest absolute Gasteiger partial charge is 0.469 e. The molecule has 0 bridgehead atoms. The SMILES string of the molecule is N[C@@H]1CCN(C(=O)CCc2ccco2)C1. The van der Waals surface area contributed by atoms with Crippen molar-refractivity contribution in [2.45, 2.75) is 25.3 Å². The van der Waals surface area contributed by atoms with Crippen LogP contribution in [-0.2, 0) is 11.2 Å². The van der Waals surface area contributed by atoms with Gasteiger partial charge in [-0.25, -0.2) is 0 Å². The molecular weight excluding hydrogens is 192 g/mol. The molecule has 4 heteroatoms. The van der Waals surface area contributed by atoms with Crippen LogP contribution in [-0.4, -0.2) is 29.9 Å². The molecule has 4 nitrogen and oxygen atoms in total. The number of rotatable bonds is 3. The van der Waals surface area contributed by atoms with Gasteiger partial charge in [-0.05, 0) is 18.6 Å². The third-order valence-corrected chi connectivity index (χ3v) is 2.74. The van der Waals surface area contributed by atoms with E-state index in [0.717, 1.165) is 18.7 Å². The third-order valence-electron chi connectivity index (χ3n) is 2.74. The zero-order chi connectivity index (χ0) is 10.7. The number of aryl methyl sites for hydroxylation is 1. The molecule has 1 aromatic heterocycles. The first-order valence-electron chi connectivity index (χ1n) is 5.31. The molecule has 1 aromatic rings. The van der Waals surface area contributed by atoms with E-state index in [2.05, 4.69) is 0 Å². The Morgan fingerprint density at radius 2 is 2.53 bits per heavy atom. The molecule has 0 radical (unpaired) electrons. The monoisotopic (exact) mass is 208 g/mol. The van der Waals surface area contributed by atoms with Crippen LogP contribution >= 0.6 is 0 Å². The molecule has 0 aromatic carbocycles. The number of carbonyl (C=O) groups excluding carboxylic acids is 1. The summed E-state index contributed by atoms with van der Waals surface area (Å²) in [6, 6.07) is 3.90. The first kappa shape index (κ1) is 10.2. The molecule has 0 aliphatic carbocycles. The normalized spacial score (nSPS) is 20.9. The lowest BCUT2D eigenvalue weighted by atomic mass is 10.2. The third kappa shape index (κ3) is 2.59. The van der Waals surface area contributed by atoms with Gasteiger partial charge in [0.05, 0.1) is 6.26 Å². The van der Waals surface area contributed by atoms with Gasteiger partial charge in [-0.3, -0.25) is 4.79 Å². The molecule has 82 valence electrons. The minimum Gasteiger partial charge on any atom is -0.469 e. The first-order chi connectivity index (χ1) is 7.25. The maximum atomic E-state index is 11.7. The Bertz CT molecular complexity index is 321. The van der Waals surface area contributed by atoms with E-state index < -0.39 is 0 Å². The molecule has 2 rings (SSSR count). The second kappa shape index (κ2) is 4.49. The van der Waals surface area contributed by atoms with E-state index in [4.69, 9.17) is 10.2 Å². The van der Waals surface area contributed by atoms with Crippen LogP contribution in [0, 0.1) is 0 Å². The molecule has 1 saturated heterocycles. The topological polar surface area (TPSA) is 59.5 Å². The van der Waals surface area contributed by atoms with Crippen LogP contribution in [0.15, 0.2) is 22.8 Å². The van der Waals surface area contributed by atoms with Crippen LogP contribution in [0.4, 0.5) is 0 Å². The van der Waals surface area contributed by atoms with Gasteiger partial charge >= 0.3 is 0 Å². The fourth-order valence-electron chi connectivity index (χ4n) is 1.86. The zero-order valence-electron chi connectivity index (χ0n) is 8.69. The molecular formula is C11H16N2O2. The standard InChI is InChI=1S/C11H16N2O2/c12-9-5-6-13(8-9)11(14)4-3-10-2-1-7-15-10/h1-2,7,9H,3-6,8,12H2/t9-/m1/s1. The Balaban J connectivity index is 1.78. The molecule has 15 heavy (non-hydrogen) atoms. The van der Waals surface area contributed by atoms with E-state index in [0.29, 0.717) is 19.4 Å². The summed E-state index contributed by atoms with van der Waals surface area (Å²) in [5.74, 6) is 1.05. The lowest BCUT2D eigenvalue weighted by Gasteiger charge is -2.14. The molecule has 0 spiro atoms. The Hall–Kier alpha value is -1.29. The lowest BCUT2D eigenvalue weighted by Crippen LogP contribution is -2.31. The fourth-order valence-corrected chi connectivity index (χ4v) is 1.86. The summed E-state index contributed by atoms with van der Waals surface area (Å²) in [5, 5.41) is 0. The minimum absolute atomic E-state index is 0.164. The van der Waals surface area contributed by atoms with E-state index in [1.807, 2.05) is 17.0 Å². The highest BCUT2D eigenvalue weighted by Gasteiger charge is 2.23. The lowest BCUT2D eigenvalue weighted by molar-refractivity contribution is -0.130. The van der Waals surface area contributed by atoms with Gasteiger partial charge in [0.2, 0.25) is 5.91 Å². The zero-order valence-corrected chi connectivity index (χ0v) is 8.69. The molecule has 1 fully saturated rings.